The Morgan fingerprint density at radius 1 is 0.938 bits per heavy atom. The van der Waals surface area contributed by atoms with Gasteiger partial charge in [-0.25, -0.2) is 0 Å². The van der Waals surface area contributed by atoms with Gasteiger partial charge in [0, 0.05) is 25.2 Å². The Balaban J connectivity index is 0. The van der Waals surface area contributed by atoms with E-state index in [4.69, 9.17) is 0 Å². The molecule has 0 aromatic carbocycles. The summed E-state index contributed by atoms with van der Waals surface area (Å²) in [7, 11) is 4.54. The summed E-state index contributed by atoms with van der Waals surface area (Å²) in [5.41, 5.74) is 0.484. The van der Waals surface area contributed by atoms with Gasteiger partial charge in [-0.1, -0.05) is 0 Å². The van der Waals surface area contributed by atoms with Crippen LogP contribution in [0.2, 0.25) is 0 Å². The molecule has 0 aromatic rings. The molecule has 2 rings (SSSR count). The molecule has 0 bridgehead atoms. The van der Waals surface area contributed by atoms with Gasteiger partial charge in [0.25, 0.3) is 0 Å². The van der Waals surface area contributed by atoms with Crippen LogP contribution in [0.15, 0.2) is 0 Å². The van der Waals surface area contributed by atoms with Gasteiger partial charge in [-0.05, 0) is 40.0 Å². The van der Waals surface area contributed by atoms with Crippen LogP contribution in [0.25, 0.3) is 0 Å². The molecule has 16 heavy (non-hydrogen) atoms. The first-order chi connectivity index (χ1) is 6.23. The number of rotatable bonds is 0. The molecule has 0 unspecified atom stereocenters. The average molecular weight is 293 g/mol. The minimum Gasteiger partial charge on any atom is -0.317 e. The minimum atomic E-state index is 0. The van der Waals surface area contributed by atoms with E-state index in [1.165, 1.54) is 45.6 Å². The van der Waals surface area contributed by atoms with Gasteiger partial charge in [0.2, 0.25) is 0 Å². The van der Waals surface area contributed by atoms with Crippen molar-refractivity contribution in [3.8, 4) is 0 Å². The smallest absolute Gasteiger partial charge is 0.0357 e. The van der Waals surface area contributed by atoms with Crippen LogP contribution < -0.4 is 5.32 Å². The summed E-state index contributed by atoms with van der Waals surface area (Å²) in [5.74, 6) is 0. The first kappa shape index (κ1) is 19.1. The van der Waals surface area contributed by atoms with Gasteiger partial charge >= 0.3 is 0 Å². The van der Waals surface area contributed by atoms with Gasteiger partial charge < -0.3 is 10.2 Å². The van der Waals surface area contributed by atoms with Crippen LogP contribution >= 0.6 is 37.2 Å². The average Bonchev–Trinajstić information content (AvgIpc) is 2.14. The Kier molecular flexibility index (Phi) is 9.50. The molecule has 0 radical (unpaired) electrons. The number of nitrogens with zero attached hydrogens (tertiary/aromatic N) is 2. The van der Waals surface area contributed by atoms with Crippen molar-refractivity contribution >= 4 is 37.2 Å². The maximum absolute atomic E-state index is 3.45. The van der Waals surface area contributed by atoms with Crippen LogP contribution in [0.3, 0.4) is 0 Å². The van der Waals surface area contributed by atoms with Gasteiger partial charge in [-0.2, -0.15) is 0 Å². The zero-order chi connectivity index (χ0) is 9.31. The van der Waals surface area contributed by atoms with Crippen LogP contribution in [0.4, 0.5) is 0 Å². The molecule has 0 atom stereocenters. The molecule has 2 aliphatic rings. The Bertz CT molecular complexity index is 186. The molecule has 2 saturated heterocycles. The molecule has 2 heterocycles. The second kappa shape index (κ2) is 7.96. The van der Waals surface area contributed by atoms with Gasteiger partial charge in [0.15, 0.2) is 0 Å². The van der Waals surface area contributed by atoms with Crippen LogP contribution in [0.5, 0.6) is 0 Å². The number of piperidine rings is 1. The largest absolute Gasteiger partial charge is 0.317 e. The second-order valence-electron chi connectivity index (χ2n) is 4.63. The van der Waals surface area contributed by atoms with Gasteiger partial charge in [-0.15, -0.1) is 37.2 Å². The Hall–Kier alpha value is 0.750. The Labute approximate surface area is 118 Å². The van der Waals surface area contributed by atoms with E-state index in [1.54, 1.807) is 0 Å². The molecule has 2 aliphatic heterocycles. The fourth-order valence-corrected chi connectivity index (χ4v) is 2.69. The van der Waals surface area contributed by atoms with E-state index >= 15 is 0 Å². The summed E-state index contributed by atoms with van der Waals surface area (Å²) >= 11 is 0. The van der Waals surface area contributed by atoms with Crippen molar-refractivity contribution in [3.63, 3.8) is 0 Å². The SMILES string of the molecule is CN1CCN(C)C2(CCNCC2)C1.Cl.Cl.Cl. The van der Waals surface area contributed by atoms with E-state index in [2.05, 4.69) is 29.2 Å². The first-order valence-electron chi connectivity index (χ1n) is 5.33. The van der Waals surface area contributed by atoms with E-state index < -0.39 is 0 Å². The summed E-state index contributed by atoms with van der Waals surface area (Å²) in [6, 6.07) is 0. The lowest BCUT2D eigenvalue weighted by Gasteiger charge is -2.50. The zero-order valence-electron chi connectivity index (χ0n) is 10.1. The summed E-state index contributed by atoms with van der Waals surface area (Å²) in [6.45, 7) is 6.10. The van der Waals surface area contributed by atoms with Crippen LogP contribution in [0.1, 0.15) is 12.8 Å². The number of likely N-dealkylation sites (N-methyl/N-ethyl adjacent to an activating group) is 2. The summed E-state index contributed by atoms with van der Waals surface area (Å²) in [4.78, 5) is 5.05. The topological polar surface area (TPSA) is 18.5 Å². The lowest BCUT2D eigenvalue weighted by Crippen LogP contribution is -2.63. The van der Waals surface area contributed by atoms with E-state index in [0.717, 1.165) is 0 Å². The fraction of sp³-hybridized carbons (Fsp3) is 1.00. The number of hydrogen-bond acceptors (Lipinski definition) is 3. The molecule has 0 saturated carbocycles. The minimum absolute atomic E-state index is 0. The second-order valence-corrected chi connectivity index (χ2v) is 4.63. The first-order valence-corrected chi connectivity index (χ1v) is 5.33. The van der Waals surface area contributed by atoms with Gasteiger partial charge in [-0.3, -0.25) is 4.90 Å². The van der Waals surface area contributed by atoms with Crippen LogP contribution in [-0.2, 0) is 0 Å². The number of piperazine rings is 1. The highest BCUT2D eigenvalue weighted by Gasteiger charge is 2.39. The van der Waals surface area contributed by atoms with E-state index in [1.807, 2.05) is 0 Å². The van der Waals surface area contributed by atoms with Crippen molar-refractivity contribution in [2.75, 3.05) is 46.8 Å². The molecular formula is C10H24Cl3N3. The number of hydrogen-bond donors (Lipinski definition) is 1. The molecule has 100 valence electrons. The molecule has 0 aliphatic carbocycles. The van der Waals surface area contributed by atoms with E-state index in [0.29, 0.717) is 5.54 Å². The summed E-state index contributed by atoms with van der Waals surface area (Å²) in [5, 5.41) is 3.45. The summed E-state index contributed by atoms with van der Waals surface area (Å²) < 4.78 is 0. The number of halogens is 3. The highest BCUT2D eigenvalue weighted by Crippen LogP contribution is 2.28. The van der Waals surface area contributed by atoms with Crippen LogP contribution in [0, 0.1) is 0 Å². The Morgan fingerprint density at radius 2 is 1.50 bits per heavy atom. The molecule has 3 nitrogen and oxygen atoms in total. The monoisotopic (exact) mass is 291 g/mol. The molecule has 6 heteroatoms. The van der Waals surface area contributed by atoms with Gasteiger partial charge in [0.05, 0.1) is 0 Å². The zero-order valence-corrected chi connectivity index (χ0v) is 12.5. The maximum Gasteiger partial charge on any atom is 0.0357 e. The lowest BCUT2D eigenvalue weighted by atomic mass is 9.85. The third-order valence-corrected chi connectivity index (χ3v) is 3.73. The molecular weight excluding hydrogens is 268 g/mol. The van der Waals surface area contributed by atoms with Crippen molar-refractivity contribution in [1.82, 2.24) is 15.1 Å². The predicted molar refractivity (Wildman–Crippen MR) is 76.7 cm³/mol. The van der Waals surface area contributed by atoms with Crippen molar-refractivity contribution < 1.29 is 0 Å². The third kappa shape index (κ3) is 3.90. The standard InChI is InChI=1S/C10H21N3.3ClH/c1-12-7-8-13(2)10(9-12)3-5-11-6-4-10;;;/h11H,3-9H2,1-2H3;3*1H. The summed E-state index contributed by atoms with van der Waals surface area (Å²) in [6.07, 6.45) is 2.63. The fourth-order valence-electron chi connectivity index (χ4n) is 2.69. The lowest BCUT2D eigenvalue weighted by molar-refractivity contribution is 0.00527. The van der Waals surface area contributed by atoms with Crippen molar-refractivity contribution in [3.05, 3.63) is 0 Å². The molecule has 1 N–H and O–H groups in total. The van der Waals surface area contributed by atoms with E-state index in [-0.39, 0.29) is 37.2 Å². The maximum atomic E-state index is 3.45. The molecule has 0 aromatic heterocycles. The predicted octanol–water partition coefficient (Wildman–Crippen LogP) is 1.25. The van der Waals surface area contributed by atoms with Crippen molar-refractivity contribution in [2.45, 2.75) is 18.4 Å². The van der Waals surface area contributed by atoms with Crippen LogP contribution in [-0.4, -0.2) is 62.2 Å². The third-order valence-electron chi connectivity index (χ3n) is 3.73. The Morgan fingerprint density at radius 3 is 2.06 bits per heavy atom. The normalized spacial score (nSPS) is 25.1. The molecule has 2 fully saturated rings. The quantitative estimate of drug-likeness (QED) is 0.725. The van der Waals surface area contributed by atoms with Crippen molar-refractivity contribution in [2.24, 2.45) is 0 Å². The molecule has 1 spiro atoms. The number of nitrogens with one attached hydrogen (secondary N) is 1. The van der Waals surface area contributed by atoms with Gasteiger partial charge in [0.1, 0.15) is 0 Å². The van der Waals surface area contributed by atoms with E-state index in [9.17, 15) is 0 Å². The highest BCUT2D eigenvalue weighted by molar-refractivity contribution is 5.86. The highest BCUT2D eigenvalue weighted by atomic mass is 35.5. The van der Waals surface area contributed by atoms with Crippen molar-refractivity contribution in [1.29, 1.82) is 0 Å². The molecule has 0 amide bonds.